The van der Waals surface area contributed by atoms with E-state index < -0.39 is 0 Å². The lowest BCUT2D eigenvalue weighted by molar-refractivity contribution is 0.0715. The maximum Gasteiger partial charge on any atom is 0.253 e. The summed E-state index contributed by atoms with van der Waals surface area (Å²) < 4.78 is 10.6. The third-order valence-electron chi connectivity index (χ3n) is 5.11. The summed E-state index contributed by atoms with van der Waals surface area (Å²) in [7, 11) is 1.66. The van der Waals surface area contributed by atoms with Gasteiger partial charge in [0.15, 0.2) is 0 Å². The predicted octanol–water partition coefficient (Wildman–Crippen LogP) is 4.67. The summed E-state index contributed by atoms with van der Waals surface area (Å²) in [6, 6.07) is 19.5. The van der Waals surface area contributed by atoms with Crippen LogP contribution in [-0.4, -0.2) is 37.0 Å². The van der Waals surface area contributed by atoms with E-state index in [1.165, 1.54) is 0 Å². The Balaban J connectivity index is 1.40. The molecular weight excluding hydrogens is 352 g/mol. The lowest BCUT2D eigenvalue weighted by atomic mass is 10.0. The zero-order valence-electron chi connectivity index (χ0n) is 15.9. The molecule has 0 spiro atoms. The molecule has 0 unspecified atom stereocenters. The van der Waals surface area contributed by atoms with Crippen LogP contribution in [0, 0.1) is 0 Å². The molecule has 1 aliphatic rings. The van der Waals surface area contributed by atoms with Crippen molar-refractivity contribution in [1.82, 2.24) is 4.90 Å². The molecule has 3 aromatic rings. The van der Waals surface area contributed by atoms with Gasteiger partial charge in [-0.05, 0) is 61.4 Å². The number of carbonyl (C=O) groups is 1. The van der Waals surface area contributed by atoms with Gasteiger partial charge >= 0.3 is 0 Å². The van der Waals surface area contributed by atoms with Crippen molar-refractivity contribution in [1.29, 1.82) is 0 Å². The molecule has 1 saturated heterocycles. The summed E-state index contributed by atoms with van der Waals surface area (Å²) in [5, 5.41) is 3.53. The number of likely N-dealkylation sites (tertiary alicyclic amines) is 1. The number of piperidine rings is 1. The van der Waals surface area contributed by atoms with Crippen LogP contribution >= 0.6 is 0 Å². The second-order valence-corrected chi connectivity index (χ2v) is 7.02. The molecular formula is C23H24N2O3. The summed E-state index contributed by atoms with van der Waals surface area (Å²) >= 11 is 0. The van der Waals surface area contributed by atoms with E-state index >= 15 is 0 Å². The highest BCUT2D eigenvalue weighted by Crippen LogP contribution is 2.23. The Bertz CT molecular complexity index is 902. The Morgan fingerprint density at radius 3 is 2.57 bits per heavy atom. The van der Waals surface area contributed by atoms with Gasteiger partial charge in [0.25, 0.3) is 5.91 Å². The van der Waals surface area contributed by atoms with Gasteiger partial charge in [0.05, 0.1) is 13.4 Å². The molecule has 1 atom stereocenters. The van der Waals surface area contributed by atoms with Gasteiger partial charge in [-0.3, -0.25) is 4.79 Å². The van der Waals surface area contributed by atoms with Crippen molar-refractivity contribution in [2.75, 3.05) is 25.5 Å². The van der Waals surface area contributed by atoms with Gasteiger partial charge in [0, 0.05) is 35.9 Å². The van der Waals surface area contributed by atoms with Gasteiger partial charge in [-0.15, -0.1) is 0 Å². The fourth-order valence-electron chi connectivity index (χ4n) is 3.60. The highest BCUT2D eigenvalue weighted by molar-refractivity contribution is 5.94. The molecule has 2 aromatic carbocycles. The molecule has 4 rings (SSSR count). The Hall–Kier alpha value is -3.21. The van der Waals surface area contributed by atoms with Crippen LogP contribution in [-0.2, 0) is 0 Å². The number of benzene rings is 2. The summed E-state index contributed by atoms with van der Waals surface area (Å²) in [6.07, 6.45) is 3.69. The first-order valence-electron chi connectivity index (χ1n) is 9.57. The van der Waals surface area contributed by atoms with Crippen molar-refractivity contribution in [3.05, 3.63) is 72.5 Å². The first-order chi connectivity index (χ1) is 13.7. The molecule has 0 bridgehead atoms. The molecule has 1 N–H and O–H groups in total. The number of furan rings is 1. The third kappa shape index (κ3) is 4.03. The lowest BCUT2D eigenvalue weighted by Crippen LogP contribution is -2.45. The van der Waals surface area contributed by atoms with Gasteiger partial charge in [0.1, 0.15) is 11.5 Å². The average molecular weight is 376 g/mol. The van der Waals surface area contributed by atoms with Gasteiger partial charge in [-0.2, -0.15) is 0 Å². The number of hydrogen-bond donors (Lipinski definition) is 1. The fraction of sp³-hybridized carbons (Fsp3) is 0.261. The van der Waals surface area contributed by atoms with Crippen LogP contribution in [0.15, 0.2) is 71.3 Å². The van der Waals surface area contributed by atoms with Crippen LogP contribution in [0.2, 0.25) is 0 Å². The SMILES string of the molecule is COc1ccc(N[C@@H]2CCCN(C(=O)c3ccc(-c4ccco4)cc3)C2)cc1. The van der Waals surface area contributed by atoms with Crippen LogP contribution in [0.5, 0.6) is 5.75 Å². The van der Waals surface area contributed by atoms with Gasteiger partial charge in [-0.1, -0.05) is 12.1 Å². The number of rotatable bonds is 5. The predicted molar refractivity (Wildman–Crippen MR) is 110 cm³/mol. The zero-order valence-corrected chi connectivity index (χ0v) is 15.9. The number of methoxy groups -OCH3 is 1. The first kappa shape index (κ1) is 18.2. The highest BCUT2D eigenvalue weighted by atomic mass is 16.5. The minimum Gasteiger partial charge on any atom is -0.497 e. The van der Waals surface area contributed by atoms with E-state index in [0.717, 1.165) is 42.1 Å². The minimum absolute atomic E-state index is 0.0761. The Morgan fingerprint density at radius 1 is 1.11 bits per heavy atom. The molecule has 1 amide bonds. The normalized spacial score (nSPS) is 16.6. The van der Waals surface area contributed by atoms with Crippen molar-refractivity contribution >= 4 is 11.6 Å². The number of hydrogen-bond acceptors (Lipinski definition) is 4. The maximum absolute atomic E-state index is 12.9. The second kappa shape index (κ2) is 8.21. The van der Waals surface area contributed by atoms with E-state index in [-0.39, 0.29) is 11.9 Å². The Morgan fingerprint density at radius 2 is 1.89 bits per heavy atom. The Labute approximate surface area is 164 Å². The lowest BCUT2D eigenvalue weighted by Gasteiger charge is -2.33. The average Bonchev–Trinajstić information content (AvgIpc) is 3.29. The van der Waals surface area contributed by atoms with Crippen LogP contribution in [0.4, 0.5) is 5.69 Å². The molecule has 0 saturated carbocycles. The van der Waals surface area contributed by atoms with E-state index in [9.17, 15) is 4.79 Å². The quantitative estimate of drug-likeness (QED) is 0.703. The monoisotopic (exact) mass is 376 g/mol. The van der Waals surface area contributed by atoms with E-state index in [1.807, 2.05) is 65.6 Å². The van der Waals surface area contributed by atoms with E-state index in [2.05, 4.69) is 5.32 Å². The molecule has 0 radical (unpaired) electrons. The molecule has 0 aliphatic carbocycles. The smallest absolute Gasteiger partial charge is 0.253 e. The molecule has 1 aromatic heterocycles. The van der Waals surface area contributed by atoms with Crippen molar-refractivity contribution in [3.63, 3.8) is 0 Å². The van der Waals surface area contributed by atoms with Gasteiger partial charge < -0.3 is 19.4 Å². The van der Waals surface area contributed by atoms with Crippen molar-refractivity contribution < 1.29 is 13.9 Å². The summed E-state index contributed by atoms with van der Waals surface area (Å²) in [5.74, 6) is 1.72. The summed E-state index contributed by atoms with van der Waals surface area (Å²) in [5.41, 5.74) is 2.72. The number of nitrogens with zero attached hydrogens (tertiary/aromatic N) is 1. The number of amides is 1. The van der Waals surface area contributed by atoms with Crippen LogP contribution in [0.25, 0.3) is 11.3 Å². The van der Waals surface area contributed by atoms with Gasteiger partial charge in [0.2, 0.25) is 0 Å². The molecule has 5 heteroatoms. The van der Waals surface area contributed by atoms with Crippen LogP contribution in [0.3, 0.4) is 0 Å². The van der Waals surface area contributed by atoms with E-state index in [1.54, 1.807) is 13.4 Å². The first-order valence-corrected chi connectivity index (χ1v) is 9.57. The largest absolute Gasteiger partial charge is 0.497 e. The molecule has 1 aliphatic heterocycles. The molecule has 144 valence electrons. The fourth-order valence-corrected chi connectivity index (χ4v) is 3.60. The van der Waals surface area contributed by atoms with Crippen molar-refractivity contribution in [3.8, 4) is 17.1 Å². The topological polar surface area (TPSA) is 54.7 Å². The van der Waals surface area contributed by atoms with Crippen molar-refractivity contribution in [2.24, 2.45) is 0 Å². The molecule has 2 heterocycles. The standard InChI is InChI=1S/C23H24N2O3/c1-27-21-12-10-19(11-13-21)24-20-4-2-14-25(16-20)23(26)18-8-6-17(7-9-18)22-5-3-15-28-22/h3,5-13,15,20,24H,2,4,14,16H2,1H3/t20-/m1/s1. The second-order valence-electron chi connectivity index (χ2n) is 7.02. The number of ether oxygens (including phenoxy) is 1. The number of carbonyl (C=O) groups excluding carboxylic acids is 1. The summed E-state index contributed by atoms with van der Waals surface area (Å²) in [6.45, 7) is 1.49. The van der Waals surface area contributed by atoms with E-state index in [0.29, 0.717) is 12.1 Å². The van der Waals surface area contributed by atoms with Gasteiger partial charge in [-0.25, -0.2) is 0 Å². The van der Waals surface area contributed by atoms with Crippen LogP contribution < -0.4 is 10.1 Å². The molecule has 1 fully saturated rings. The summed E-state index contributed by atoms with van der Waals surface area (Å²) in [4.78, 5) is 14.9. The third-order valence-corrected chi connectivity index (χ3v) is 5.11. The minimum atomic E-state index is 0.0761. The number of anilines is 1. The molecule has 28 heavy (non-hydrogen) atoms. The maximum atomic E-state index is 12.9. The van der Waals surface area contributed by atoms with Crippen LogP contribution in [0.1, 0.15) is 23.2 Å². The number of nitrogens with one attached hydrogen (secondary N) is 1. The van der Waals surface area contributed by atoms with Crippen molar-refractivity contribution in [2.45, 2.75) is 18.9 Å². The van der Waals surface area contributed by atoms with E-state index in [4.69, 9.17) is 9.15 Å². The zero-order chi connectivity index (χ0) is 19.3. The molecule has 5 nitrogen and oxygen atoms in total. The highest BCUT2D eigenvalue weighted by Gasteiger charge is 2.24. The Kier molecular flexibility index (Phi) is 5.33.